The van der Waals surface area contributed by atoms with Gasteiger partial charge in [-0.25, -0.2) is 0 Å². The molecule has 0 bridgehead atoms. The van der Waals surface area contributed by atoms with Gasteiger partial charge in [0, 0.05) is 18.8 Å². The number of aromatic nitrogens is 2. The summed E-state index contributed by atoms with van der Waals surface area (Å²) in [6.07, 6.45) is 0. The van der Waals surface area contributed by atoms with E-state index in [4.69, 9.17) is 5.73 Å². The molecule has 1 aliphatic rings. The molecule has 1 aliphatic heterocycles. The maximum Gasteiger partial charge on any atom is 0.208 e. The fraction of sp³-hybridized carbons (Fsp3) is 0.273. The first kappa shape index (κ1) is 9.59. The Hall–Kier alpha value is -1.62. The third-order valence-corrected chi connectivity index (χ3v) is 3.70. The average Bonchev–Trinajstić information content (AvgIpc) is 2.84. The average molecular weight is 232 g/mol. The van der Waals surface area contributed by atoms with Crippen LogP contribution in [0.15, 0.2) is 18.2 Å². The van der Waals surface area contributed by atoms with Gasteiger partial charge in [-0.2, -0.15) is 0 Å². The molecule has 0 saturated carbocycles. The highest BCUT2D eigenvalue weighted by Crippen LogP contribution is 2.32. The van der Waals surface area contributed by atoms with Gasteiger partial charge in [0.25, 0.3) is 0 Å². The highest BCUT2D eigenvalue weighted by molar-refractivity contribution is 7.15. The highest BCUT2D eigenvalue weighted by Gasteiger charge is 2.23. The van der Waals surface area contributed by atoms with Crippen LogP contribution in [0, 0.1) is 6.92 Å². The molecule has 0 unspecified atom stereocenters. The number of hydrogen-bond acceptors (Lipinski definition) is 5. The van der Waals surface area contributed by atoms with E-state index >= 15 is 0 Å². The van der Waals surface area contributed by atoms with Crippen LogP contribution >= 0.6 is 11.3 Å². The summed E-state index contributed by atoms with van der Waals surface area (Å²) >= 11 is 1.62. The maximum atomic E-state index is 5.96. The predicted molar refractivity (Wildman–Crippen MR) is 65.4 cm³/mol. The molecule has 0 radical (unpaired) electrons. The van der Waals surface area contributed by atoms with Gasteiger partial charge in [0.15, 0.2) is 0 Å². The van der Waals surface area contributed by atoms with E-state index in [1.807, 2.05) is 19.1 Å². The summed E-state index contributed by atoms with van der Waals surface area (Å²) in [5.74, 6) is 0. The Morgan fingerprint density at radius 2 is 2.19 bits per heavy atom. The second-order valence-electron chi connectivity index (χ2n) is 3.94. The number of rotatable bonds is 1. The lowest BCUT2D eigenvalue weighted by atomic mass is 10.1. The zero-order valence-corrected chi connectivity index (χ0v) is 9.79. The Labute approximate surface area is 97.7 Å². The molecule has 0 fully saturated rings. The van der Waals surface area contributed by atoms with E-state index in [1.54, 1.807) is 11.3 Å². The van der Waals surface area contributed by atoms with Crippen LogP contribution in [0.25, 0.3) is 0 Å². The highest BCUT2D eigenvalue weighted by atomic mass is 32.1. The van der Waals surface area contributed by atoms with E-state index in [9.17, 15) is 0 Å². The molecule has 2 heterocycles. The summed E-state index contributed by atoms with van der Waals surface area (Å²) < 4.78 is 0. The molecule has 1 aromatic carbocycles. The SMILES string of the molecule is Cc1nnc(N2Cc3cccc(N)c3C2)s1. The van der Waals surface area contributed by atoms with E-state index in [2.05, 4.69) is 21.2 Å². The minimum Gasteiger partial charge on any atom is -0.398 e. The molecule has 0 atom stereocenters. The van der Waals surface area contributed by atoms with E-state index < -0.39 is 0 Å². The zero-order valence-electron chi connectivity index (χ0n) is 8.97. The van der Waals surface area contributed by atoms with Crippen LogP contribution in [0.1, 0.15) is 16.1 Å². The van der Waals surface area contributed by atoms with Crippen molar-refractivity contribution in [1.29, 1.82) is 0 Å². The molecule has 0 amide bonds. The number of anilines is 2. The number of aryl methyl sites for hydroxylation is 1. The molecule has 1 aromatic heterocycles. The Morgan fingerprint density at radius 3 is 2.88 bits per heavy atom. The van der Waals surface area contributed by atoms with Crippen molar-refractivity contribution in [1.82, 2.24) is 10.2 Å². The van der Waals surface area contributed by atoms with Crippen LogP contribution in [0.4, 0.5) is 10.8 Å². The molecular formula is C11H12N4S. The fourth-order valence-corrected chi connectivity index (χ4v) is 2.68. The summed E-state index contributed by atoms with van der Waals surface area (Å²) in [6, 6.07) is 6.08. The Morgan fingerprint density at radius 1 is 1.31 bits per heavy atom. The molecule has 3 rings (SSSR count). The second kappa shape index (κ2) is 3.45. The van der Waals surface area contributed by atoms with E-state index in [-0.39, 0.29) is 0 Å². The van der Waals surface area contributed by atoms with Crippen molar-refractivity contribution < 1.29 is 0 Å². The fourth-order valence-electron chi connectivity index (χ4n) is 2.00. The largest absolute Gasteiger partial charge is 0.398 e. The summed E-state index contributed by atoms with van der Waals surface area (Å²) in [6.45, 7) is 3.70. The maximum absolute atomic E-state index is 5.96. The summed E-state index contributed by atoms with van der Waals surface area (Å²) in [7, 11) is 0. The summed E-state index contributed by atoms with van der Waals surface area (Å²) in [5.41, 5.74) is 9.37. The van der Waals surface area contributed by atoms with E-state index in [0.717, 1.165) is 28.9 Å². The molecule has 2 N–H and O–H groups in total. The van der Waals surface area contributed by atoms with Crippen LogP contribution in [0.3, 0.4) is 0 Å². The Balaban J connectivity index is 1.93. The van der Waals surface area contributed by atoms with Gasteiger partial charge in [0.1, 0.15) is 5.01 Å². The molecule has 82 valence electrons. The van der Waals surface area contributed by atoms with Crippen LogP contribution in [0.5, 0.6) is 0 Å². The summed E-state index contributed by atoms with van der Waals surface area (Å²) in [4.78, 5) is 2.21. The first-order valence-corrected chi connectivity index (χ1v) is 5.97. The van der Waals surface area contributed by atoms with Gasteiger partial charge in [-0.1, -0.05) is 23.5 Å². The topological polar surface area (TPSA) is 55.0 Å². The van der Waals surface area contributed by atoms with Gasteiger partial charge >= 0.3 is 0 Å². The number of nitrogens with zero attached hydrogens (tertiary/aromatic N) is 3. The Kier molecular flexibility index (Phi) is 2.07. The first-order chi connectivity index (χ1) is 7.74. The molecule has 0 aliphatic carbocycles. The summed E-state index contributed by atoms with van der Waals surface area (Å²) in [5, 5.41) is 10.2. The van der Waals surface area contributed by atoms with Gasteiger partial charge in [-0.3, -0.25) is 0 Å². The quantitative estimate of drug-likeness (QED) is 0.763. The lowest BCUT2D eigenvalue weighted by molar-refractivity contribution is 0.854. The van der Waals surface area contributed by atoms with Crippen molar-refractivity contribution in [2.45, 2.75) is 20.0 Å². The third kappa shape index (κ3) is 1.44. The number of fused-ring (bicyclic) bond motifs is 1. The smallest absolute Gasteiger partial charge is 0.208 e. The molecule has 0 spiro atoms. The van der Waals surface area contributed by atoms with Gasteiger partial charge < -0.3 is 10.6 Å². The molecule has 16 heavy (non-hydrogen) atoms. The lowest BCUT2D eigenvalue weighted by Gasteiger charge is -2.11. The number of nitrogen functional groups attached to an aromatic ring is 1. The molecule has 5 heteroatoms. The zero-order chi connectivity index (χ0) is 11.1. The Bertz CT molecular complexity index is 535. The van der Waals surface area contributed by atoms with Crippen molar-refractivity contribution >= 4 is 22.2 Å². The number of benzene rings is 1. The molecule has 4 nitrogen and oxygen atoms in total. The molecule has 2 aromatic rings. The molecular weight excluding hydrogens is 220 g/mol. The van der Waals surface area contributed by atoms with Gasteiger partial charge in [-0.15, -0.1) is 10.2 Å². The van der Waals surface area contributed by atoms with Gasteiger partial charge in [0.2, 0.25) is 5.13 Å². The van der Waals surface area contributed by atoms with Crippen molar-refractivity contribution in [3.05, 3.63) is 34.3 Å². The van der Waals surface area contributed by atoms with E-state index in [0.29, 0.717) is 0 Å². The standard InChI is InChI=1S/C11H12N4S/c1-7-13-14-11(16-7)15-5-8-3-2-4-10(12)9(8)6-15/h2-4H,5-6,12H2,1H3. The van der Waals surface area contributed by atoms with Gasteiger partial charge in [0.05, 0.1) is 0 Å². The number of hydrogen-bond donors (Lipinski definition) is 1. The van der Waals surface area contributed by atoms with Gasteiger partial charge in [-0.05, 0) is 24.1 Å². The van der Waals surface area contributed by atoms with Crippen molar-refractivity contribution in [3.8, 4) is 0 Å². The first-order valence-electron chi connectivity index (χ1n) is 5.15. The minimum absolute atomic E-state index is 0.844. The van der Waals surface area contributed by atoms with Crippen molar-refractivity contribution in [2.75, 3.05) is 10.6 Å². The second-order valence-corrected chi connectivity index (χ2v) is 5.10. The van der Waals surface area contributed by atoms with Crippen molar-refractivity contribution in [2.24, 2.45) is 0 Å². The lowest BCUT2D eigenvalue weighted by Crippen LogP contribution is -2.14. The third-order valence-electron chi connectivity index (χ3n) is 2.81. The normalized spacial score (nSPS) is 14.2. The van der Waals surface area contributed by atoms with Crippen LogP contribution < -0.4 is 10.6 Å². The van der Waals surface area contributed by atoms with Crippen LogP contribution in [-0.2, 0) is 13.1 Å². The van der Waals surface area contributed by atoms with Crippen LogP contribution in [0.2, 0.25) is 0 Å². The minimum atomic E-state index is 0.844. The predicted octanol–water partition coefficient (Wildman–Crippen LogP) is 1.95. The van der Waals surface area contributed by atoms with Crippen molar-refractivity contribution in [3.63, 3.8) is 0 Å². The molecule has 0 saturated heterocycles. The van der Waals surface area contributed by atoms with E-state index in [1.165, 1.54) is 11.1 Å². The number of nitrogens with two attached hydrogens (primary N) is 1. The monoisotopic (exact) mass is 232 g/mol. The van der Waals surface area contributed by atoms with Crippen LogP contribution in [-0.4, -0.2) is 10.2 Å².